The van der Waals surface area contributed by atoms with Crippen molar-refractivity contribution in [2.75, 3.05) is 11.9 Å². The van der Waals surface area contributed by atoms with Gasteiger partial charge in [0.2, 0.25) is 0 Å². The lowest BCUT2D eigenvalue weighted by molar-refractivity contribution is -0.384. The monoisotopic (exact) mass is 472 g/mol. The first-order valence-corrected chi connectivity index (χ1v) is 10.9. The Morgan fingerprint density at radius 1 is 1.06 bits per heavy atom. The van der Waals surface area contributed by atoms with Gasteiger partial charge >= 0.3 is 0 Å². The summed E-state index contributed by atoms with van der Waals surface area (Å²) in [7, 11) is 0. The van der Waals surface area contributed by atoms with Gasteiger partial charge in [-0.3, -0.25) is 20.2 Å². The summed E-state index contributed by atoms with van der Waals surface area (Å²) in [5.41, 5.74) is 2.48. The van der Waals surface area contributed by atoms with Crippen LogP contribution in [0.1, 0.15) is 17.3 Å². The van der Waals surface area contributed by atoms with E-state index in [9.17, 15) is 14.9 Å². The van der Waals surface area contributed by atoms with Crippen LogP contribution < -0.4 is 15.4 Å². The summed E-state index contributed by atoms with van der Waals surface area (Å²) in [5, 5.41) is 17.5. The lowest BCUT2D eigenvalue weighted by atomic mass is 10.0. The van der Waals surface area contributed by atoms with Crippen LogP contribution in [-0.4, -0.2) is 27.5 Å². The van der Waals surface area contributed by atoms with E-state index in [4.69, 9.17) is 17.0 Å². The number of thiocarbonyl (C=S) groups is 1. The highest BCUT2D eigenvalue weighted by atomic mass is 32.1. The van der Waals surface area contributed by atoms with Gasteiger partial charge in [0.05, 0.1) is 34.4 Å². The molecule has 0 aliphatic carbocycles. The molecule has 1 heterocycles. The van der Waals surface area contributed by atoms with Crippen molar-refractivity contribution in [2.24, 2.45) is 0 Å². The molecule has 0 atom stereocenters. The van der Waals surface area contributed by atoms with Gasteiger partial charge in [0.15, 0.2) is 5.11 Å². The van der Waals surface area contributed by atoms with E-state index in [1.807, 2.05) is 48.5 Å². The number of fused-ring (bicyclic) bond motifs is 1. The van der Waals surface area contributed by atoms with E-state index in [1.54, 1.807) is 25.1 Å². The van der Waals surface area contributed by atoms with Gasteiger partial charge in [0.25, 0.3) is 11.6 Å². The SMILES string of the molecule is CCOc1ccc(NC(=S)NC(=O)c2cc(-c3ccccc3)nc3ccccc23)c([N+](=O)[O-])c1. The summed E-state index contributed by atoms with van der Waals surface area (Å²) in [5.74, 6) is -0.0896. The van der Waals surface area contributed by atoms with Crippen LogP contribution in [0, 0.1) is 10.1 Å². The largest absolute Gasteiger partial charge is 0.494 e. The van der Waals surface area contributed by atoms with E-state index in [2.05, 4.69) is 15.6 Å². The van der Waals surface area contributed by atoms with Crippen molar-refractivity contribution >= 4 is 45.5 Å². The number of nitro groups is 1. The predicted molar refractivity (Wildman–Crippen MR) is 135 cm³/mol. The third-order valence-corrected chi connectivity index (χ3v) is 5.19. The first kappa shape index (κ1) is 22.8. The first-order chi connectivity index (χ1) is 16.5. The number of hydrogen-bond acceptors (Lipinski definition) is 6. The normalized spacial score (nSPS) is 10.5. The molecule has 0 aliphatic rings. The molecule has 2 N–H and O–H groups in total. The highest BCUT2D eigenvalue weighted by Crippen LogP contribution is 2.29. The number of pyridine rings is 1. The van der Waals surface area contributed by atoms with Crippen LogP contribution in [0.15, 0.2) is 78.9 Å². The number of benzene rings is 3. The van der Waals surface area contributed by atoms with Crippen LogP contribution in [-0.2, 0) is 0 Å². The second kappa shape index (κ2) is 10.1. The fourth-order valence-electron chi connectivity index (χ4n) is 3.47. The lowest BCUT2D eigenvalue weighted by Gasteiger charge is -2.13. The second-order valence-corrected chi connectivity index (χ2v) is 7.62. The summed E-state index contributed by atoms with van der Waals surface area (Å²) in [6.45, 7) is 2.16. The molecule has 170 valence electrons. The maximum absolute atomic E-state index is 13.2. The number of anilines is 1. The fourth-order valence-corrected chi connectivity index (χ4v) is 3.67. The van der Waals surface area contributed by atoms with Crippen LogP contribution in [0.4, 0.5) is 11.4 Å². The first-order valence-electron chi connectivity index (χ1n) is 10.4. The standard InChI is InChI=1S/C25H20N4O4S/c1-2-33-17-12-13-21(23(14-17)29(31)32)27-25(34)28-24(30)19-15-22(16-8-4-3-5-9-16)26-20-11-7-6-10-18(19)20/h3-15H,2H2,1H3,(H2,27,28,30,34). The van der Waals surface area contributed by atoms with Crippen molar-refractivity contribution in [3.05, 3.63) is 94.5 Å². The highest BCUT2D eigenvalue weighted by molar-refractivity contribution is 7.80. The highest BCUT2D eigenvalue weighted by Gasteiger charge is 2.19. The van der Waals surface area contributed by atoms with Crippen LogP contribution in [0.2, 0.25) is 0 Å². The predicted octanol–water partition coefficient (Wildman–Crippen LogP) is 5.34. The molecule has 34 heavy (non-hydrogen) atoms. The van der Waals surface area contributed by atoms with E-state index >= 15 is 0 Å². The average molecular weight is 473 g/mol. The molecular formula is C25H20N4O4S. The number of nitro benzene ring substituents is 1. The zero-order chi connectivity index (χ0) is 24.1. The Balaban J connectivity index is 1.61. The molecule has 0 fully saturated rings. The van der Waals surface area contributed by atoms with E-state index in [0.717, 1.165) is 5.56 Å². The van der Waals surface area contributed by atoms with Crippen molar-refractivity contribution < 1.29 is 14.5 Å². The minimum Gasteiger partial charge on any atom is -0.494 e. The third-order valence-electron chi connectivity index (χ3n) is 4.98. The van der Waals surface area contributed by atoms with Crippen molar-refractivity contribution in [1.82, 2.24) is 10.3 Å². The molecular weight excluding hydrogens is 452 g/mol. The summed E-state index contributed by atoms with van der Waals surface area (Å²) in [6.07, 6.45) is 0. The van der Waals surface area contributed by atoms with Gasteiger partial charge in [0.1, 0.15) is 11.4 Å². The van der Waals surface area contributed by atoms with Gasteiger partial charge in [-0.05, 0) is 43.4 Å². The quantitative estimate of drug-likeness (QED) is 0.222. The van der Waals surface area contributed by atoms with E-state index in [1.165, 1.54) is 12.1 Å². The molecule has 9 heteroatoms. The number of rotatable bonds is 6. The maximum Gasteiger partial charge on any atom is 0.296 e. The van der Waals surface area contributed by atoms with Crippen molar-refractivity contribution in [1.29, 1.82) is 0 Å². The van der Waals surface area contributed by atoms with Crippen molar-refractivity contribution in [3.8, 4) is 17.0 Å². The van der Waals surface area contributed by atoms with E-state index in [0.29, 0.717) is 34.5 Å². The zero-order valence-corrected chi connectivity index (χ0v) is 19.0. The number of ether oxygens (including phenoxy) is 1. The molecule has 0 saturated carbocycles. The number of para-hydroxylation sites is 1. The molecule has 1 amide bonds. The number of amides is 1. The Kier molecular flexibility index (Phi) is 6.74. The Morgan fingerprint density at radius 2 is 1.79 bits per heavy atom. The number of nitrogens with one attached hydrogen (secondary N) is 2. The molecule has 0 saturated heterocycles. The van der Waals surface area contributed by atoms with Gasteiger partial charge < -0.3 is 10.1 Å². The molecule has 0 unspecified atom stereocenters. The van der Waals surface area contributed by atoms with Gasteiger partial charge in [-0.1, -0.05) is 48.5 Å². The smallest absolute Gasteiger partial charge is 0.296 e. The molecule has 8 nitrogen and oxygen atoms in total. The van der Waals surface area contributed by atoms with Crippen LogP contribution >= 0.6 is 12.2 Å². The Hall–Kier alpha value is -4.37. The summed E-state index contributed by atoms with van der Waals surface area (Å²) in [6, 6.07) is 22.9. The van der Waals surface area contributed by atoms with E-state index in [-0.39, 0.29) is 16.5 Å². The Labute approximate surface area is 200 Å². The molecule has 0 aliphatic heterocycles. The van der Waals surface area contributed by atoms with Gasteiger partial charge in [-0.15, -0.1) is 0 Å². The van der Waals surface area contributed by atoms with Crippen LogP contribution in [0.25, 0.3) is 22.2 Å². The minimum atomic E-state index is -0.544. The summed E-state index contributed by atoms with van der Waals surface area (Å²) < 4.78 is 5.33. The lowest BCUT2D eigenvalue weighted by Crippen LogP contribution is -2.34. The average Bonchev–Trinajstić information content (AvgIpc) is 2.84. The molecule has 4 rings (SSSR count). The van der Waals surface area contributed by atoms with Crippen molar-refractivity contribution in [3.63, 3.8) is 0 Å². The molecule has 1 aromatic heterocycles. The fraction of sp³-hybridized carbons (Fsp3) is 0.0800. The van der Waals surface area contributed by atoms with Gasteiger partial charge in [-0.2, -0.15) is 0 Å². The van der Waals surface area contributed by atoms with Crippen molar-refractivity contribution in [2.45, 2.75) is 6.92 Å². The second-order valence-electron chi connectivity index (χ2n) is 7.22. The molecule has 4 aromatic rings. The maximum atomic E-state index is 13.2. The number of hydrogen-bond donors (Lipinski definition) is 2. The van der Waals surface area contributed by atoms with Crippen LogP contribution in [0.3, 0.4) is 0 Å². The third kappa shape index (κ3) is 5.00. The number of aromatic nitrogens is 1. The molecule has 0 bridgehead atoms. The molecule has 0 radical (unpaired) electrons. The number of carbonyl (C=O) groups is 1. The van der Waals surface area contributed by atoms with E-state index < -0.39 is 10.8 Å². The zero-order valence-electron chi connectivity index (χ0n) is 18.1. The van der Waals surface area contributed by atoms with Gasteiger partial charge in [0, 0.05) is 10.9 Å². The summed E-state index contributed by atoms with van der Waals surface area (Å²) >= 11 is 5.28. The minimum absolute atomic E-state index is 0.0700. The Bertz CT molecular complexity index is 1390. The molecule has 0 spiro atoms. The number of carbonyl (C=O) groups excluding carboxylic acids is 1. The van der Waals surface area contributed by atoms with Gasteiger partial charge in [-0.25, -0.2) is 4.98 Å². The molecule has 3 aromatic carbocycles. The topological polar surface area (TPSA) is 106 Å². The number of nitrogens with zero attached hydrogens (tertiary/aromatic N) is 2. The van der Waals surface area contributed by atoms with Crippen LogP contribution in [0.5, 0.6) is 5.75 Å². The summed E-state index contributed by atoms with van der Waals surface area (Å²) in [4.78, 5) is 28.8. The Morgan fingerprint density at radius 3 is 2.53 bits per heavy atom.